The molecule has 1 aromatic carbocycles. The van der Waals surface area contributed by atoms with Gasteiger partial charge in [-0.15, -0.1) is 0 Å². The normalized spacial score (nSPS) is 10.2. The van der Waals surface area contributed by atoms with Gasteiger partial charge in [-0.3, -0.25) is 14.7 Å². The van der Waals surface area contributed by atoms with Gasteiger partial charge in [-0.1, -0.05) is 24.6 Å². The predicted molar refractivity (Wildman–Crippen MR) is 80.1 cm³/mol. The summed E-state index contributed by atoms with van der Waals surface area (Å²) in [4.78, 5) is 23.7. The summed E-state index contributed by atoms with van der Waals surface area (Å²) in [6.07, 6.45) is 2.43. The molecule has 0 fully saturated rings. The summed E-state index contributed by atoms with van der Waals surface area (Å²) in [5.41, 5.74) is 2.54. The van der Waals surface area contributed by atoms with Crippen LogP contribution in [0.25, 0.3) is 0 Å². The fraction of sp³-hybridized carbons (Fsp3) is 0.267. The summed E-state index contributed by atoms with van der Waals surface area (Å²) in [6, 6.07) is 7.17. The van der Waals surface area contributed by atoms with E-state index in [0.29, 0.717) is 11.4 Å². The average Bonchev–Trinajstić information content (AvgIpc) is 2.92. The molecule has 0 radical (unpaired) electrons. The molecule has 3 N–H and O–H groups in total. The van der Waals surface area contributed by atoms with Crippen molar-refractivity contribution in [3.05, 3.63) is 47.2 Å². The van der Waals surface area contributed by atoms with Gasteiger partial charge in [-0.25, -0.2) is 0 Å². The van der Waals surface area contributed by atoms with E-state index in [1.54, 1.807) is 18.3 Å². The van der Waals surface area contributed by atoms with Crippen molar-refractivity contribution in [2.45, 2.75) is 20.3 Å². The first kappa shape index (κ1) is 14.8. The van der Waals surface area contributed by atoms with E-state index in [1.165, 1.54) is 0 Å². The average molecular weight is 286 g/mol. The Morgan fingerprint density at radius 2 is 1.95 bits per heavy atom. The molecule has 2 rings (SSSR count). The number of aryl methyl sites for hydroxylation is 2. The molecule has 0 aliphatic carbocycles. The van der Waals surface area contributed by atoms with E-state index in [-0.39, 0.29) is 18.4 Å². The van der Waals surface area contributed by atoms with Crippen LogP contribution in [0.3, 0.4) is 0 Å². The number of nitrogens with one attached hydrogen (secondary N) is 3. The van der Waals surface area contributed by atoms with Crippen LogP contribution in [0.5, 0.6) is 0 Å². The van der Waals surface area contributed by atoms with Crippen molar-refractivity contribution >= 4 is 17.6 Å². The van der Waals surface area contributed by atoms with Gasteiger partial charge in [-0.2, -0.15) is 5.10 Å². The Kier molecular flexibility index (Phi) is 4.71. The van der Waals surface area contributed by atoms with Crippen LogP contribution < -0.4 is 10.6 Å². The first-order valence-electron chi connectivity index (χ1n) is 6.77. The Morgan fingerprint density at radius 1 is 1.24 bits per heavy atom. The van der Waals surface area contributed by atoms with Crippen LogP contribution in [0.15, 0.2) is 30.5 Å². The fourth-order valence-electron chi connectivity index (χ4n) is 1.84. The zero-order chi connectivity index (χ0) is 15.2. The third-order valence-electron chi connectivity index (χ3n) is 3.09. The summed E-state index contributed by atoms with van der Waals surface area (Å²) in [5.74, 6) is 0.00646. The number of carbonyl (C=O) groups excluding carboxylic acids is 2. The van der Waals surface area contributed by atoms with E-state index >= 15 is 0 Å². The SMILES string of the molecule is CCc1cn[nH]c1NC(=O)CNC(=O)c1ccc(C)cc1. The molecule has 0 atom stereocenters. The Morgan fingerprint density at radius 3 is 2.62 bits per heavy atom. The smallest absolute Gasteiger partial charge is 0.251 e. The van der Waals surface area contributed by atoms with Crippen LogP contribution >= 0.6 is 0 Å². The van der Waals surface area contributed by atoms with E-state index in [9.17, 15) is 9.59 Å². The number of aromatic amines is 1. The van der Waals surface area contributed by atoms with E-state index in [4.69, 9.17) is 0 Å². The number of rotatable bonds is 5. The zero-order valence-electron chi connectivity index (χ0n) is 12.1. The second-order valence-electron chi connectivity index (χ2n) is 4.72. The number of H-pyrrole nitrogens is 1. The highest BCUT2D eigenvalue weighted by atomic mass is 16.2. The van der Waals surface area contributed by atoms with Crippen LogP contribution in [-0.4, -0.2) is 28.6 Å². The first-order valence-corrected chi connectivity index (χ1v) is 6.77. The number of benzene rings is 1. The van der Waals surface area contributed by atoms with Crippen molar-refractivity contribution in [2.24, 2.45) is 0 Å². The lowest BCUT2D eigenvalue weighted by Crippen LogP contribution is -2.33. The Hall–Kier alpha value is -2.63. The van der Waals surface area contributed by atoms with Crippen LogP contribution in [0.2, 0.25) is 0 Å². The number of anilines is 1. The van der Waals surface area contributed by atoms with Gasteiger partial charge in [0.2, 0.25) is 5.91 Å². The van der Waals surface area contributed by atoms with Gasteiger partial charge in [0.25, 0.3) is 5.91 Å². The molecule has 2 amide bonds. The summed E-state index contributed by atoms with van der Waals surface area (Å²) in [5, 5.41) is 11.9. The Balaban J connectivity index is 1.86. The van der Waals surface area contributed by atoms with Crippen molar-refractivity contribution in [1.82, 2.24) is 15.5 Å². The van der Waals surface area contributed by atoms with E-state index in [1.807, 2.05) is 26.0 Å². The maximum atomic E-state index is 11.9. The van der Waals surface area contributed by atoms with Crippen molar-refractivity contribution in [2.75, 3.05) is 11.9 Å². The molecule has 0 bridgehead atoms. The molecule has 6 heteroatoms. The molecule has 0 saturated carbocycles. The van der Waals surface area contributed by atoms with E-state index in [2.05, 4.69) is 20.8 Å². The van der Waals surface area contributed by atoms with Crippen molar-refractivity contribution in [1.29, 1.82) is 0 Å². The molecule has 0 aliphatic rings. The van der Waals surface area contributed by atoms with Crippen LogP contribution in [0.4, 0.5) is 5.82 Å². The topological polar surface area (TPSA) is 86.9 Å². The molecule has 1 heterocycles. The fourth-order valence-corrected chi connectivity index (χ4v) is 1.84. The first-order chi connectivity index (χ1) is 10.1. The van der Waals surface area contributed by atoms with Crippen LogP contribution in [0.1, 0.15) is 28.4 Å². The highest BCUT2D eigenvalue weighted by Crippen LogP contribution is 2.10. The van der Waals surface area contributed by atoms with Gasteiger partial charge in [0.1, 0.15) is 5.82 Å². The van der Waals surface area contributed by atoms with Gasteiger partial charge in [0.15, 0.2) is 0 Å². The lowest BCUT2D eigenvalue weighted by atomic mass is 10.1. The quantitative estimate of drug-likeness (QED) is 0.781. The minimum absolute atomic E-state index is 0.0884. The number of aromatic nitrogens is 2. The molecular formula is C15H18N4O2. The number of carbonyl (C=O) groups is 2. The second-order valence-corrected chi connectivity index (χ2v) is 4.72. The highest BCUT2D eigenvalue weighted by molar-refractivity contribution is 5.99. The number of hydrogen-bond donors (Lipinski definition) is 3. The van der Waals surface area contributed by atoms with Gasteiger partial charge in [0, 0.05) is 11.1 Å². The summed E-state index contributed by atoms with van der Waals surface area (Å²) in [7, 11) is 0. The second kappa shape index (κ2) is 6.69. The van der Waals surface area contributed by atoms with Crippen molar-refractivity contribution in [3.63, 3.8) is 0 Å². The van der Waals surface area contributed by atoms with Gasteiger partial charge in [0.05, 0.1) is 12.7 Å². The molecule has 0 aliphatic heterocycles. The van der Waals surface area contributed by atoms with E-state index in [0.717, 1.165) is 17.5 Å². The molecular weight excluding hydrogens is 268 g/mol. The Bertz CT molecular complexity index is 631. The molecule has 2 aromatic rings. The molecule has 0 spiro atoms. The lowest BCUT2D eigenvalue weighted by Gasteiger charge is -2.07. The highest BCUT2D eigenvalue weighted by Gasteiger charge is 2.10. The molecule has 0 unspecified atom stereocenters. The molecule has 21 heavy (non-hydrogen) atoms. The minimum atomic E-state index is -0.297. The summed E-state index contributed by atoms with van der Waals surface area (Å²) < 4.78 is 0. The predicted octanol–water partition coefficient (Wildman–Crippen LogP) is 1.65. The molecule has 110 valence electrons. The number of hydrogen-bond acceptors (Lipinski definition) is 3. The van der Waals surface area contributed by atoms with Crippen molar-refractivity contribution in [3.8, 4) is 0 Å². The maximum Gasteiger partial charge on any atom is 0.251 e. The third kappa shape index (κ3) is 3.92. The minimum Gasteiger partial charge on any atom is -0.343 e. The largest absolute Gasteiger partial charge is 0.343 e. The molecule has 0 saturated heterocycles. The van der Waals surface area contributed by atoms with Gasteiger partial charge in [-0.05, 0) is 25.5 Å². The van der Waals surface area contributed by atoms with E-state index < -0.39 is 0 Å². The van der Waals surface area contributed by atoms with Crippen LogP contribution in [-0.2, 0) is 11.2 Å². The lowest BCUT2D eigenvalue weighted by molar-refractivity contribution is -0.115. The summed E-state index contributed by atoms with van der Waals surface area (Å²) in [6.45, 7) is 3.83. The number of amides is 2. The van der Waals surface area contributed by atoms with Gasteiger partial charge >= 0.3 is 0 Å². The molecule has 6 nitrogen and oxygen atoms in total. The van der Waals surface area contributed by atoms with Crippen LogP contribution in [0, 0.1) is 6.92 Å². The maximum absolute atomic E-state index is 11.9. The monoisotopic (exact) mass is 286 g/mol. The molecule has 1 aromatic heterocycles. The standard InChI is InChI=1S/C15H18N4O2/c1-3-11-8-17-19-14(11)18-13(20)9-16-15(21)12-6-4-10(2)5-7-12/h4-8H,3,9H2,1-2H3,(H,16,21)(H2,17,18,19,20). The third-order valence-corrected chi connectivity index (χ3v) is 3.09. The summed E-state index contributed by atoms with van der Waals surface area (Å²) >= 11 is 0. The number of nitrogens with zero attached hydrogens (tertiary/aromatic N) is 1. The van der Waals surface area contributed by atoms with Crippen molar-refractivity contribution < 1.29 is 9.59 Å². The van der Waals surface area contributed by atoms with Gasteiger partial charge < -0.3 is 10.6 Å². The zero-order valence-corrected chi connectivity index (χ0v) is 12.1. The Labute approximate surface area is 122 Å².